The van der Waals surface area contributed by atoms with E-state index in [1.165, 1.54) is 12.1 Å². The summed E-state index contributed by atoms with van der Waals surface area (Å²) in [6.07, 6.45) is 0.716. The van der Waals surface area contributed by atoms with E-state index in [1.807, 2.05) is 13.8 Å². The maximum Gasteiger partial charge on any atom is 0.229 e. The minimum atomic E-state index is -0.368. The smallest absolute Gasteiger partial charge is 0.229 e. The molecule has 0 bridgehead atoms. The average Bonchev–Trinajstić information content (AvgIpc) is 2.86. The van der Waals surface area contributed by atoms with E-state index < -0.39 is 0 Å². The lowest BCUT2D eigenvalue weighted by Gasteiger charge is -2.17. The van der Waals surface area contributed by atoms with Gasteiger partial charge in [-0.1, -0.05) is 0 Å². The molecule has 5 heteroatoms. The quantitative estimate of drug-likeness (QED) is 0.880. The second kappa shape index (κ2) is 6.02. The van der Waals surface area contributed by atoms with E-state index in [9.17, 15) is 9.18 Å². The highest BCUT2D eigenvalue weighted by Crippen LogP contribution is 2.25. The number of ether oxygens (including phenoxy) is 1. The molecule has 0 spiro atoms. The molecule has 1 aliphatic heterocycles. The Kier molecular flexibility index (Phi) is 4.37. The molecule has 0 unspecified atom stereocenters. The van der Waals surface area contributed by atoms with Gasteiger partial charge in [-0.15, -0.1) is 0 Å². The van der Waals surface area contributed by atoms with Gasteiger partial charge in [0.25, 0.3) is 0 Å². The predicted octanol–water partition coefficient (Wildman–Crippen LogP) is 2.62. The Morgan fingerprint density at radius 1 is 1.42 bits per heavy atom. The van der Waals surface area contributed by atoms with Gasteiger partial charge in [0.2, 0.25) is 5.91 Å². The van der Waals surface area contributed by atoms with E-state index in [-0.39, 0.29) is 23.7 Å². The molecule has 0 aromatic heterocycles. The average molecular weight is 266 g/mol. The van der Waals surface area contributed by atoms with Crippen molar-refractivity contribution in [1.29, 1.82) is 0 Å². The maximum absolute atomic E-state index is 13.3. The summed E-state index contributed by atoms with van der Waals surface area (Å²) in [7, 11) is 0. The van der Waals surface area contributed by atoms with Crippen LogP contribution >= 0.6 is 0 Å². The third-order valence-electron chi connectivity index (χ3n) is 2.98. The van der Waals surface area contributed by atoms with Crippen LogP contribution in [0, 0.1) is 11.7 Å². The van der Waals surface area contributed by atoms with Crippen molar-refractivity contribution < 1.29 is 13.9 Å². The van der Waals surface area contributed by atoms with Gasteiger partial charge in [0.05, 0.1) is 23.9 Å². The van der Waals surface area contributed by atoms with Crippen molar-refractivity contribution in [2.45, 2.75) is 26.3 Å². The predicted molar refractivity (Wildman–Crippen MR) is 72.7 cm³/mol. The van der Waals surface area contributed by atoms with Crippen molar-refractivity contribution in [1.82, 2.24) is 0 Å². The summed E-state index contributed by atoms with van der Waals surface area (Å²) in [5.74, 6) is -0.627. The highest BCUT2D eigenvalue weighted by Gasteiger charge is 2.24. The lowest BCUT2D eigenvalue weighted by atomic mass is 10.1. The molecule has 1 fully saturated rings. The third kappa shape index (κ3) is 3.67. The summed E-state index contributed by atoms with van der Waals surface area (Å²) in [5, 5.41) is 5.96. The van der Waals surface area contributed by atoms with Crippen LogP contribution in [0.3, 0.4) is 0 Å². The van der Waals surface area contributed by atoms with Gasteiger partial charge >= 0.3 is 0 Å². The zero-order valence-electron chi connectivity index (χ0n) is 11.2. The van der Waals surface area contributed by atoms with Crippen molar-refractivity contribution in [3.63, 3.8) is 0 Å². The zero-order chi connectivity index (χ0) is 13.8. The first-order valence-corrected chi connectivity index (χ1v) is 6.51. The molecule has 104 valence electrons. The molecule has 1 aliphatic rings. The molecule has 1 heterocycles. The number of rotatable bonds is 4. The topological polar surface area (TPSA) is 50.4 Å². The summed E-state index contributed by atoms with van der Waals surface area (Å²) < 4.78 is 18.5. The number of carbonyl (C=O) groups is 1. The molecule has 2 N–H and O–H groups in total. The minimum Gasteiger partial charge on any atom is -0.381 e. The fourth-order valence-corrected chi connectivity index (χ4v) is 2.03. The molecule has 1 atom stereocenters. The van der Waals surface area contributed by atoms with Crippen molar-refractivity contribution in [3.8, 4) is 0 Å². The van der Waals surface area contributed by atoms with Gasteiger partial charge in [-0.25, -0.2) is 4.39 Å². The first-order valence-electron chi connectivity index (χ1n) is 6.51. The Morgan fingerprint density at radius 3 is 2.84 bits per heavy atom. The van der Waals surface area contributed by atoms with Crippen LogP contribution in [0.2, 0.25) is 0 Å². The van der Waals surface area contributed by atoms with Gasteiger partial charge < -0.3 is 15.4 Å². The molecule has 2 rings (SSSR count). The molecule has 19 heavy (non-hydrogen) atoms. The summed E-state index contributed by atoms with van der Waals surface area (Å²) in [4.78, 5) is 12.0. The Bertz CT molecular complexity index is 457. The SMILES string of the molecule is CC(C)Nc1ccc(F)cc1NC(=O)[C@@H]1CCOC1. The van der Waals surface area contributed by atoms with Crippen molar-refractivity contribution in [2.75, 3.05) is 23.8 Å². The highest BCUT2D eigenvalue weighted by molar-refractivity contribution is 5.95. The van der Waals surface area contributed by atoms with Crippen molar-refractivity contribution in [2.24, 2.45) is 5.92 Å². The molecular formula is C14H19FN2O2. The Morgan fingerprint density at radius 2 is 2.21 bits per heavy atom. The van der Waals surface area contributed by atoms with Gasteiger partial charge in [-0.3, -0.25) is 4.79 Å². The monoisotopic (exact) mass is 266 g/mol. The number of anilines is 2. The lowest BCUT2D eigenvalue weighted by Crippen LogP contribution is -2.24. The second-order valence-electron chi connectivity index (χ2n) is 5.04. The Balaban J connectivity index is 2.12. The number of carbonyl (C=O) groups excluding carboxylic acids is 1. The highest BCUT2D eigenvalue weighted by atomic mass is 19.1. The van der Waals surface area contributed by atoms with Gasteiger partial charge in [0, 0.05) is 12.6 Å². The molecule has 0 aliphatic carbocycles. The fraction of sp³-hybridized carbons (Fsp3) is 0.500. The van der Waals surface area contributed by atoms with Crippen LogP contribution in [-0.4, -0.2) is 25.2 Å². The number of nitrogens with one attached hydrogen (secondary N) is 2. The molecule has 1 aromatic carbocycles. The molecule has 1 saturated heterocycles. The standard InChI is InChI=1S/C14H19FN2O2/c1-9(2)16-12-4-3-11(15)7-13(12)17-14(18)10-5-6-19-8-10/h3-4,7,9-10,16H,5-6,8H2,1-2H3,(H,17,18)/t10-/m1/s1. The van der Waals surface area contributed by atoms with Crippen molar-refractivity contribution in [3.05, 3.63) is 24.0 Å². The maximum atomic E-state index is 13.3. The molecule has 1 amide bonds. The summed E-state index contributed by atoms with van der Waals surface area (Å²) >= 11 is 0. The number of halogens is 1. The summed E-state index contributed by atoms with van der Waals surface area (Å²) in [5.41, 5.74) is 1.20. The van der Waals surface area contributed by atoms with Gasteiger partial charge in [0.1, 0.15) is 5.82 Å². The summed E-state index contributed by atoms with van der Waals surface area (Å²) in [6, 6.07) is 4.55. The molecule has 0 saturated carbocycles. The first kappa shape index (κ1) is 13.8. The van der Waals surface area contributed by atoms with E-state index in [0.717, 1.165) is 5.69 Å². The normalized spacial score (nSPS) is 18.6. The number of amides is 1. The van der Waals surface area contributed by atoms with Gasteiger partial charge in [-0.05, 0) is 38.5 Å². The zero-order valence-corrected chi connectivity index (χ0v) is 11.2. The van der Waals surface area contributed by atoms with E-state index in [0.29, 0.717) is 25.3 Å². The molecular weight excluding hydrogens is 247 g/mol. The van der Waals surface area contributed by atoms with Crippen LogP contribution in [0.1, 0.15) is 20.3 Å². The van der Waals surface area contributed by atoms with Crippen LogP contribution in [0.5, 0.6) is 0 Å². The van der Waals surface area contributed by atoms with Gasteiger partial charge in [-0.2, -0.15) is 0 Å². The number of benzene rings is 1. The largest absolute Gasteiger partial charge is 0.381 e. The van der Waals surface area contributed by atoms with Crippen LogP contribution < -0.4 is 10.6 Å². The van der Waals surface area contributed by atoms with Crippen molar-refractivity contribution >= 4 is 17.3 Å². The molecule has 1 aromatic rings. The number of hydrogen-bond donors (Lipinski definition) is 2. The van der Waals surface area contributed by atoms with Crippen LogP contribution in [0.4, 0.5) is 15.8 Å². The van der Waals surface area contributed by atoms with Crippen LogP contribution in [0.15, 0.2) is 18.2 Å². The summed E-state index contributed by atoms with van der Waals surface area (Å²) in [6.45, 7) is 5.02. The molecule has 4 nitrogen and oxygen atoms in total. The fourth-order valence-electron chi connectivity index (χ4n) is 2.03. The lowest BCUT2D eigenvalue weighted by molar-refractivity contribution is -0.119. The Hall–Kier alpha value is -1.62. The first-order chi connectivity index (χ1) is 9.06. The van der Waals surface area contributed by atoms with Crippen LogP contribution in [0.25, 0.3) is 0 Å². The third-order valence-corrected chi connectivity index (χ3v) is 2.98. The van der Waals surface area contributed by atoms with E-state index in [1.54, 1.807) is 6.07 Å². The van der Waals surface area contributed by atoms with E-state index in [4.69, 9.17) is 4.74 Å². The minimum absolute atomic E-state index is 0.116. The number of hydrogen-bond acceptors (Lipinski definition) is 3. The van der Waals surface area contributed by atoms with Crippen LogP contribution in [-0.2, 0) is 9.53 Å². The van der Waals surface area contributed by atoms with E-state index in [2.05, 4.69) is 10.6 Å². The second-order valence-corrected chi connectivity index (χ2v) is 5.04. The Labute approximate surface area is 112 Å². The molecule has 0 radical (unpaired) electrons. The van der Waals surface area contributed by atoms with Gasteiger partial charge in [0.15, 0.2) is 0 Å². The van der Waals surface area contributed by atoms with E-state index >= 15 is 0 Å².